The zero-order chi connectivity index (χ0) is 13.2. The van der Waals surface area contributed by atoms with Crippen LogP contribution in [0.4, 0.5) is 0 Å². The highest BCUT2D eigenvalue weighted by Crippen LogP contribution is 2.29. The summed E-state index contributed by atoms with van der Waals surface area (Å²) < 4.78 is 5.04. The highest BCUT2D eigenvalue weighted by molar-refractivity contribution is 5.70. The predicted molar refractivity (Wildman–Crippen MR) is 75.2 cm³/mol. The number of esters is 1. The molecule has 2 aromatic rings. The third-order valence-electron chi connectivity index (χ3n) is 3.55. The molecule has 0 unspecified atom stereocenters. The van der Waals surface area contributed by atoms with Gasteiger partial charge in [-0.05, 0) is 53.6 Å². The molecule has 0 radical (unpaired) electrons. The fourth-order valence-electron chi connectivity index (χ4n) is 2.63. The molecule has 0 aromatic heterocycles. The van der Waals surface area contributed by atoms with Gasteiger partial charge in [-0.1, -0.05) is 30.3 Å². The third kappa shape index (κ3) is 2.53. The van der Waals surface area contributed by atoms with Crippen molar-refractivity contribution in [1.82, 2.24) is 0 Å². The van der Waals surface area contributed by atoms with Gasteiger partial charge in [-0.25, -0.2) is 0 Å². The summed E-state index contributed by atoms with van der Waals surface area (Å²) in [5.74, 6) is 0.308. The minimum absolute atomic E-state index is 0.287. The van der Waals surface area contributed by atoms with Crippen LogP contribution in [0.5, 0.6) is 5.75 Å². The summed E-state index contributed by atoms with van der Waals surface area (Å²) in [7, 11) is 0. The van der Waals surface area contributed by atoms with E-state index < -0.39 is 0 Å². The fourth-order valence-corrected chi connectivity index (χ4v) is 2.63. The standard InChI is InChI=1S/C17H16O2/c1-12(18)19-17-9-7-14(8-10-17)16-6-5-13-3-2-4-15(13)11-16/h5-11H,2-4H2,1H3. The monoisotopic (exact) mass is 252 g/mol. The molecule has 0 amide bonds. The molecule has 96 valence electrons. The molecule has 0 atom stereocenters. The molecule has 19 heavy (non-hydrogen) atoms. The van der Waals surface area contributed by atoms with Crippen molar-refractivity contribution in [1.29, 1.82) is 0 Å². The number of carbonyl (C=O) groups is 1. The van der Waals surface area contributed by atoms with Crippen LogP contribution in [0.15, 0.2) is 42.5 Å². The van der Waals surface area contributed by atoms with Gasteiger partial charge >= 0.3 is 5.97 Å². The molecule has 2 nitrogen and oxygen atoms in total. The summed E-state index contributed by atoms with van der Waals surface area (Å²) in [6.45, 7) is 1.41. The van der Waals surface area contributed by atoms with Crippen LogP contribution in [-0.2, 0) is 17.6 Å². The lowest BCUT2D eigenvalue weighted by molar-refractivity contribution is -0.131. The first-order chi connectivity index (χ1) is 9.22. The number of hydrogen-bond donors (Lipinski definition) is 0. The van der Waals surface area contributed by atoms with Gasteiger partial charge in [0.2, 0.25) is 0 Å². The van der Waals surface area contributed by atoms with Gasteiger partial charge in [-0.2, -0.15) is 0 Å². The first-order valence-corrected chi connectivity index (χ1v) is 6.63. The second kappa shape index (κ2) is 4.88. The van der Waals surface area contributed by atoms with Gasteiger partial charge in [0.1, 0.15) is 5.75 Å². The van der Waals surface area contributed by atoms with E-state index in [0.29, 0.717) is 5.75 Å². The predicted octanol–water partition coefficient (Wildman–Crippen LogP) is 3.77. The number of aryl methyl sites for hydroxylation is 2. The SMILES string of the molecule is CC(=O)Oc1ccc(-c2ccc3c(c2)CCC3)cc1. The Balaban J connectivity index is 1.88. The van der Waals surface area contributed by atoms with Crippen molar-refractivity contribution in [3.8, 4) is 16.9 Å². The van der Waals surface area contributed by atoms with Gasteiger partial charge in [-0.15, -0.1) is 0 Å². The molecule has 0 aliphatic heterocycles. The van der Waals surface area contributed by atoms with E-state index in [1.807, 2.05) is 24.3 Å². The summed E-state index contributed by atoms with van der Waals surface area (Å²) in [5, 5.41) is 0. The number of ether oxygens (including phenoxy) is 1. The molecular weight excluding hydrogens is 236 g/mol. The Kier molecular flexibility index (Phi) is 3.08. The van der Waals surface area contributed by atoms with E-state index in [1.165, 1.54) is 42.9 Å². The average Bonchev–Trinajstić information content (AvgIpc) is 2.86. The van der Waals surface area contributed by atoms with E-state index in [9.17, 15) is 4.79 Å². The molecule has 2 heteroatoms. The zero-order valence-electron chi connectivity index (χ0n) is 11.0. The molecule has 0 fully saturated rings. The van der Waals surface area contributed by atoms with Crippen molar-refractivity contribution >= 4 is 5.97 Å². The Morgan fingerprint density at radius 2 is 1.63 bits per heavy atom. The van der Waals surface area contributed by atoms with Crippen LogP contribution in [-0.4, -0.2) is 5.97 Å². The fraction of sp³-hybridized carbons (Fsp3) is 0.235. The smallest absolute Gasteiger partial charge is 0.308 e. The van der Waals surface area contributed by atoms with Crippen LogP contribution in [0.2, 0.25) is 0 Å². The number of hydrogen-bond acceptors (Lipinski definition) is 2. The lowest BCUT2D eigenvalue weighted by Crippen LogP contribution is -2.00. The molecule has 2 aromatic carbocycles. The maximum absolute atomic E-state index is 10.9. The molecule has 0 heterocycles. The van der Waals surface area contributed by atoms with E-state index in [-0.39, 0.29) is 5.97 Å². The van der Waals surface area contributed by atoms with Crippen LogP contribution in [0.3, 0.4) is 0 Å². The molecule has 3 rings (SSSR count). The van der Waals surface area contributed by atoms with Gasteiger partial charge in [-0.3, -0.25) is 4.79 Å². The second-order valence-corrected chi connectivity index (χ2v) is 4.96. The van der Waals surface area contributed by atoms with Crippen molar-refractivity contribution in [2.45, 2.75) is 26.2 Å². The maximum atomic E-state index is 10.9. The van der Waals surface area contributed by atoms with Crippen LogP contribution in [0, 0.1) is 0 Å². The Bertz CT molecular complexity index is 612. The third-order valence-corrected chi connectivity index (χ3v) is 3.55. The molecule has 0 saturated heterocycles. The van der Waals surface area contributed by atoms with Crippen LogP contribution >= 0.6 is 0 Å². The van der Waals surface area contributed by atoms with Gasteiger partial charge in [0.15, 0.2) is 0 Å². The lowest BCUT2D eigenvalue weighted by Gasteiger charge is -2.06. The van der Waals surface area contributed by atoms with Crippen molar-refractivity contribution in [2.75, 3.05) is 0 Å². The summed E-state index contributed by atoms with van der Waals surface area (Å²) in [6.07, 6.45) is 3.67. The summed E-state index contributed by atoms with van der Waals surface area (Å²) in [4.78, 5) is 10.9. The Morgan fingerprint density at radius 3 is 2.37 bits per heavy atom. The Morgan fingerprint density at radius 1 is 0.947 bits per heavy atom. The molecule has 0 bridgehead atoms. The molecule has 1 aliphatic rings. The minimum Gasteiger partial charge on any atom is -0.427 e. The summed E-state index contributed by atoms with van der Waals surface area (Å²) in [5.41, 5.74) is 5.35. The second-order valence-electron chi connectivity index (χ2n) is 4.96. The highest BCUT2D eigenvalue weighted by atomic mass is 16.5. The van der Waals surface area contributed by atoms with Gasteiger partial charge < -0.3 is 4.74 Å². The number of benzene rings is 2. The molecule has 1 aliphatic carbocycles. The number of carbonyl (C=O) groups excluding carboxylic acids is 1. The molecule has 0 saturated carbocycles. The van der Waals surface area contributed by atoms with E-state index in [1.54, 1.807) is 0 Å². The Hall–Kier alpha value is -2.09. The maximum Gasteiger partial charge on any atom is 0.308 e. The minimum atomic E-state index is -0.287. The van der Waals surface area contributed by atoms with Gasteiger partial charge in [0.25, 0.3) is 0 Å². The zero-order valence-corrected chi connectivity index (χ0v) is 11.0. The topological polar surface area (TPSA) is 26.3 Å². The Labute approximate surface area is 113 Å². The quantitative estimate of drug-likeness (QED) is 0.600. The molecule has 0 spiro atoms. The van der Waals surface area contributed by atoms with Crippen molar-refractivity contribution < 1.29 is 9.53 Å². The first-order valence-electron chi connectivity index (χ1n) is 6.63. The van der Waals surface area contributed by atoms with Gasteiger partial charge in [0.05, 0.1) is 0 Å². The van der Waals surface area contributed by atoms with E-state index in [2.05, 4.69) is 18.2 Å². The molecular formula is C17H16O2. The normalized spacial score (nSPS) is 13.1. The van der Waals surface area contributed by atoms with Crippen molar-refractivity contribution in [2.24, 2.45) is 0 Å². The summed E-state index contributed by atoms with van der Waals surface area (Å²) in [6, 6.07) is 14.4. The van der Waals surface area contributed by atoms with Crippen LogP contribution in [0.1, 0.15) is 24.5 Å². The largest absolute Gasteiger partial charge is 0.427 e. The lowest BCUT2D eigenvalue weighted by atomic mass is 10.0. The van der Waals surface area contributed by atoms with Crippen molar-refractivity contribution in [3.05, 3.63) is 53.6 Å². The van der Waals surface area contributed by atoms with Crippen LogP contribution < -0.4 is 4.74 Å². The molecule has 0 N–H and O–H groups in total. The van der Waals surface area contributed by atoms with E-state index >= 15 is 0 Å². The van der Waals surface area contributed by atoms with E-state index in [4.69, 9.17) is 4.74 Å². The highest BCUT2D eigenvalue weighted by Gasteiger charge is 2.11. The van der Waals surface area contributed by atoms with Gasteiger partial charge in [0, 0.05) is 6.92 Å². The number of fused-ring (bicyclic) bond motifs is 1. The van der Waals surface area contributed by atoms with Crippen molar-refractivity contribution in [3.63, 3.8) is 0 Å². The van der Waals surface area contributed by atoms with E-state index in [0.717, 1.165) is 5.56 Å². The number of rotatable bonds is 2. The average molecular weight is 252 g/mol. The summed E-state index contributed by atoms with van der Waals surface area (Å²) >= 11 is 0. The van der Waals surface area contributed by atoms with Crippen LogP contribution in [0.25, 0.3) is 11.1 Å². The first kappa shape index (κ1) is 12.0.